The van der Waals surface area contributed by atoms with Crippen LogP contribution in [0.15, 0.2) is 18.2 Å². The van der Waals surface area contributed by atoms with Crippen molar-refractivity contribution in [1.82, 2.24) is 0 Å². The molecular weight excluding hydrogens is 252 g/mol. The minimum atomic E-state index is -0.0163. The van der Waals surface area contributed by atoms with Crippen LogP contribution in [0.1, 0.15) is 43.2 Å². The van der Waals surface area contributed by atoms with Crippen molar-refractivity contribution in [3.8, 4) is 6.07 Å². The Morgan fingerprint density at radius 1 is 1.50 bits per heavy atom. The Bertz CT molecular complexity index is 514. The van der Waals surface area contributed by atoms with E-state index in [-0.39, 0.29) is 12.0 Å². The van der Waals surface area contributed by atoms with Crippen molar-refractivity contribution < 1.29 is 9.53 Å². The fourth-order valence-corrected chi connectivity index (χ4v) is 2.37. The van der Waals surface area contributed by atoms with Gasteiger partial charge in [0.1, 0.15) is 0 Å². The van der Waals surface area contributed by atoms with Crippen molar-refractivity contribution in [3.63, 3.8) is 0 Å². The van der Waals surface area contributed by atoms with E-state index in [0.29, 0.717) is 12.0 Å². The third-order valence-electron chi connectivity index (χ3n) is 3.61. The lowest BCUT2D eigenvalue weighted by Crippen LogP contribution is -2.22. The van der Waals surface area contributed by atoms with Crippen LogP contribution in [0.5, 0.6) is 0 Å². The summed E-state index contributed by atoms with van der Waals surface area (Å²) in [5, 5.41) is 11.8. The van der Waals surface area contributed by atoms with Gasteiger partial charge in [-0.2, -0.15) is 5.26 Å². The van der Waals surface area contributed by atoms with Gasteiger partial charge in [0.15, 0.2) is 0 Å². The average molecular weight is 272 g/mol. The molecule has 1 aromatic carbocycles. The minimum Gasteiger partial charge on any atom is -0.378 e. The van der Waals surface area contributed by atoms with Crippen LogP contribution in [0.25, 0.3) is 0 Å². The summed E-state index contributed by atoms with van der Waals surface area (Å²) in [6.45, 7) is 2.73. The summed E-state index contributed by atoms with van der Waals surface area (Å²) >= 11 is 0. The van der Waals surface area contributed by atoms with E-state index in [1.54, 1.807) is 12.1 Å². The maximum Gasteiger partial charge on any atom is 0.224 e. The topological polar surface area (TPSA) is 62.1 Å². The molecule has 1 saturated heterocycles. The van der Waals surface area contributed by atoms with E-state index in [4.69, 9.17) is 10.00 Å². The van der Waals surface area contributed by atoms with E-state index in [9.17, 15) is 4.79 Å². The van der Waals surface area contributed by atoms with Crippen LogP contribution in [-0.2, 0) is 9.53 Å². The number of nitrogens with one attached hydrogen (secondary N) is 1. The number of aryl methyl sites for hydroxylation is 1. The molecule has 0 spiro atoms. The van der Waals surface area contributed by atoms with Crippen molar-refractivity contribution >= 4 is 11.6 Å². The minimum absolute atomic E-state index is 0.0163. The van der Waals surface area contributed by atoms with Crippen LogP contribution in [0, 0.1) is 18.3 Å². The van der Waals surface area contributed by atoms with E-state index < -0.39 is 0 Å². The van der Waals surface area contributed by atoms with E-state index in [1.807, 2.05) is 13.0 Å². The third-order valence-corrected chi connectivity index (χ3v) is 3.61. The zero-order valence-electron chi connectivity index (χ0n) is 11.8. The molecule has 1 heterocycles. The second-order valence-corrected chi connectivity index (χ2v) is 5.22. The van der Waals surface area contributed by atoms with Crippen molar-refractivity contribution in [2.75, 3.05) is 11.9 Å². The number of ether oxygens (including phenoxy) is 1. The van der Waals surface area contributed by atoms with Crippen LogP contribution in [0.2, 0.25) is 0 Å². The van der Waals surface area contributed by atoms with Gasteiger partial charge in [-0.15, -0.1) is 0 Å². The summed E-state index contributed by atoms with van der Waals surface area (Å²) in [6.07, 6.45) is 4.82. The molecule has 4 nitrogen and oxygen atoms in total. The van der Waals surface area contributed by atoms with Crippen LogP contribution < -0.4 is 5.32 Å². The highest BCUT2D eigenvalue weighted by Crippen LogP contribution is 2.19. The van der Waals surface area contributed by atoms with Crippen molar-refractivity contribution in [2.45, 2.75) is 45.1 Å². The number of carbonyl (C=O) groups excluding carboxylic acids is 1. The summed E-state index contributed by atoms with van der Waals surface area (Å²) in [6, 6.07) is 7.39. The number of hydrogen-bond donors (Lipinski definition) is 1. The summed E-state index contributed by atoms with van der Waals surface area (Å²) in [7, 11) is 0. The van der Waals surface area contributed by atoms with E-state index in [0.717, 1.165) is 37.1 Å². The molecule has 0 radical (unpaired) electrons. The normalized spacial score (nSPS) is 18.3. The molecule has 1 N–H and O–H groups in total. The fourth-order valence-electron chi connectivity index (χ4n) is 2.37. The molecule has 1 fully saturated rings. The monoisotopic (exact) mass is 272 g/mol. The van der Waals surface area contributed by atoms with E-state index >= 15 is 0 Å². The molecular formula is C16H20N2O2. The van der Waals surface area contributed by atoms with Crippen molar-refractivity contribution in [1.29, 1.82) is 5.26 Å². The highest BCUT2D eigenvalue weighted by molar-refractivity contribution is 5.91. The Morgan fingerprint density at radius 2 is 2.35 bits per heavy atom. The Hall–Kier alpha value is -1.86. The van der Waals surface area contributed by atoms with E-state index in [2.05, 4.69) is 11.4 Å². The molecule has 1 aliphatic heterocycles. The third kappa shape index (κ3) is 4.07. The number of anilines is 1. The zero-order valence-corrected chi connectivity index (χ0v) is 11.8. The van der Waals surface area contributed by atoms with Gasteiger partial charge in [-0.05, 0) is 50.3 Å². The van der Waals surface area contributed by atoms with Gasteiger partial charge >= 0.3 is 0 Å². The molecule has 1 amide bonds. The number of amides is 1. The fraction of sp³-hybridized carbons (Fsp3) is 0.500. The SMILES string of the molecule is Cc1ccc(C#N)cc1NC(=O)CCC1CCCCO1. The number of rotatable bonds is 4. The summed E-state index contributed by atoms with van der Waals surface area (Å²) in [5.41, 5.74) is 2.24. The molecule has 1 atom stereocenters. The highest BCUT2D eigenvalue weighted by Gasteiger charge is 2.15. The first-order valence-electron chi connectivity index (χ1n) is 7.11. The van der Waals surface area contributed by atoms with Crippen LogP contribution >= 0.6 is 0 Å². The van der Waals surface area contributed by atoms with Crippen molar-refractivity contribution in [3.05, 3.63) is 29.3 Å². The highest BCUT2D eigenvalue weighted by atomic mass is 16.5. The molecule has 106 valence electrons. The Balaban J connectivity index is 1.86. The molecule has 2 rings (SSSR count). The van der Waals surface area contributed by atoms with Crippen LogP contribution in [0.4, 0.5) is 5.69 Å². The molecule has 1 aromatic rings. The molecule has 1 aliphatic rings. The number of benzene rings is 1. The van der Waals surface area contributed by atoms with Crippen LogP contribution in [-0.4, -0.2) is 18.6 Å². The largest absolute Gasteiger partial charge is 0.378 e. The predicted octanol–water partition coefficient (Wildman–Crippen LogP) is 3.15. The second kappa shape index (κ2) is 7.06. The van der Waals surface area contributed by atoms with Gasteiger partial charge in [0.25, 0.3) is 0 Å². The smallest absolute Gasteiger partial charge is 0.224 e. The molecule has 0 aromatic heterocycles. The average Bonchev–Trinajstić information content (AvgIpc) is 2.48. The lowest BCUT2D eigenvalue weighted by molar-refractivity contribution is -0.117. The Kier molecular flexibility index (Phi) is 5.14. The second-order valence-electron chi connectivity index (χ2n) is 5.22. The summed E-state index contributed by atoms with van der Waals surface area (Å²) < 4.78 is 5.62. The van der Waals surface area contributed by atoms with E-state index in [1.165, 1.54) is 6.42 Å². The standard InChI is InChI=1S/C16H20N2O2/c1-12-5-6-13(11-17)10-15(12)18-16(19)8-7-14-4-2-3-9-20-14/h5-6,10,14H,2-4,7-9H2,1H3,(H,18,19). The summed E-state index contributed by atoms with van der Waals surface area (Å²) in [5.74, 6) is -0.0163. The molecule has 0 aliphatic carbocycles. The Labute approximate surface area is 119 Å². The Morgan fingerprint density at radius 3 is 3.05 bits per heavy atom. The molecule has 20 heavy (non-hydrogen) atoms. The van der Waals surface area contributed by atoms with Crippen molar-refractivity contribution in [2.24, 2.45) is 0 Å². The molecule has 0 saturated carbocycles. The first kappa shape index (κ1) is 14.5. The molecule has 0 bridgehead atoms. The molecule has 1 unspecified atom stereocenters. The number of nitriles is 1. The van der Waals surface area contributed by atoms with Gasteiger partial charge in [-0.1, -0.05) is 6.07 Å². The predicted molar refractivity (Wildman–Crippen MR) is 77.3 cm³/mol. The van der Waals surface area contributed by atoms with Gasteiger partial charge < -0.3 is 10.1 Å². The van der Waals surface area contributed by atoms with Gasteiger partial charge in [0.05, 0.1) is 17.7 Å². The number of carbonyl (C=O) groups is 1. The molecule has 4 heteroatoms. The lowest BCUT2D eigenvalue weighted by Gasteiger charge is -2.22. The number of nitrogens with zero attached hydrogens (tertiary/aromatic N) is 1. The maximum atomic E-state index is 12.0. The number of hydrogen-bond acceptors (Lipinski definition) is 3. The quantitative estimate of drug-likeness (QED) is 0.915. The van der Waals surface area contributed by atoms with Gasteiger partial charge in [-0.25, -0.2) is 0 Å². The van der Waals surface area contributed by atoms with Gasteiger partial charge in [0.2, 0.25) is 5.91 Å². The van der Waals surface area contributed by atoms with Crippen LogP contribution in [0.3, 0.4) is 0 Å². The summed E-state index contributed by atoms with van der Waals surface area (Å²) in [4.78, 5) is 12.0. The lowest BCUT2D eigenvalue weighted by atomic mass is 10.0. The first-order valence-corrected chi connectivity index (χ1v) is 7.11. The van der Waals surface area contributed by atoms with Gasteiger partial charge in [0, 0.05) is 18.7 Å². The first-order chi connectivity index (χ1) is 9.69. The zero-order chi connectivity index (χ0) is 14.4. The van der Waals surface area contributed by atoms with Gasteiger partial charge in [-0.3, -0.25) is 4.79 Å². The maximum absolute atomic E-state index is 12.0.